The van der Waals surface area contributed by atoms with Gasteiger partial charge in [0.1, 0.15) is 0 Å². The van der Waals surface area contributed by atoms with Crippen LogP contribution in [0.1, 0.15) is 21.5 Å². The summed E-state index contributed by atoms with van der Waals surface area (Å²) in [5.41, 5.74) is 6.66. The number of para-hydroxylation sites is 2. The number of hydrogen-bond acceptors (Lipinski definition) is 6. The molecule has 4 rings (SSSR count). The van der Waals surface area contributed by atoms with Gasteiger partial charge in [-0.2, -0.15) is 5.10 Å². The minimum Gasteiger partial charge on any atom is -0.465 e. The summed E-state index contributed by atoms with van der Waals surface area (Å²) in [6, 6.07) is 22.2. The third-order valence-corrected chi connectivity index (χ3v) is 6.17. The molecule has 0 spiro atoms. The van der Waals surface area contributed by atoms with Gasteiger partial charge in [-0.3, -0.25) is 4.79 Å². The van der Waals surface area contributed by atoms with Crippen molar-refractivity contribution in [1.29, 1.82) is 0 Å². The van der Waals surface area contributed by atoms with Crippen molar-refractivity contribution >= 4 is 52.5 Å². The number of amides is 1. The molecule has 0 unspecified atom stereocenters. The van der Waals surface area contributed by atoms with Crippen LogP contribution in [-0.2, 0) is 16.1 Å². The third-order valence-electron chi connectivity index (χ3n) is 4.94. The second kappa shape index (κ2) is 11.0. The first-order valence-corrected chi connectivity index (χ1v) is 11.7. The van der Waals surface area contributed by atoms with Gasteiger partial charge in [0, 0.05) is 5.02 Å². The summed E-state index contributed by atoms with van der Waals surface area (Å²) in [4.78, 5) is 28.5. The monoisotopic (exact) mass is 492 g/mol. The van der Waals surface area contributed by atoms with Crippen molar-refractivity contribution < 1.29 is 14.3 Å². The average molecular weight is 493 g/mol. The molecule has 0 saturated carbocycles. The molecule has 3 aromatic carbocycles. The van der Waals surface area contributed by atoms with Gasteiger partial charge in [-0.05, 0) is 47.5 Å². The van der Waals surface area contributed by atoms with Crippen molar-refractivity contribution in [3.8, 4) is 0 Å². The molecule has 172 valence electrons. The van der Waals surface area contributed by atoms with E-state index in [0.717, 1.165) is 27.3 Å². The molecule has 7 nitrogen and oxygen atoms in total. The summed E-state index contributed by atoms with van der Waals surface area (Å²) in [6.45, 7) is 0.612. The quantitative estimate of drug-likeness (QED) is 0.166. The highest BCUT2D eigenvalue weighted by Crippen LogP contribution is 2.25. The molecule has 1 amide bonds. The van der Waals surface area contributed by atoms with Gasteiger partial charge < -0.3 is 9.30 Å². The van der Waals surface area contributed by atoms with Crippen LogP contribution in [0.25, 0.3) is 11.0 Å². The summed E-state index contributed by atoms with van der Waals surface area (Å²) >= 11 is 7.36. The number of hydrazone groups is 1. The Kier molecular flexibility index (Phi) is 7.61. The normalized spacial score (nSPS) is 11.1. The van der Waals surface area contributed by atoms with E-state index < -0.39 is 5.97 Å². The number of carbonyl (C=O) groups is 2. The highest BCUT2D eigenvalue weighted by molar-refractivity contribution is 7.99. The first-order chi connectivity index (χ1) is 16.5. The SMILES string of the molecule is COC(=O)c1ccc(/C=N\NC(=O)CSc2nc3ccccc3n2Cc2ccc(Cl)cc2)cc1. The molecule has 0 fully saturated rings. The van der Waals surface area contributed by atoms with Crippen molar-refractivity contribution in [1.82, 2.24) is 15.0 Å². The second-order valence-electron chi connectivity index (χ2n) is 7.29. The highest BCUT2D eigenvalue weighted by Gasteiger charge is 2.13. The maximum atomic E-state index is 12.4. The Morgan fingerprint density at radius 1 is 1.09 bits per heavy atom. The number of nitrogens with one attached hydrogen (secondary N) is 1. The van der Waals surface area contributed by atoms with Crippen LogP contribution in [-0.4, -0.2) is 40.5 Å². The molecule has 1 heterocycles. The first-order valence-electron chi connectivity index (χ1n) is 10.4. The van der Waals surface area contributed by atoms with E-state index >= 15 is 0 Å². The second-order valence-corrected chi connectivity index (χ2v) is 8.67. The Labute approximate surface area is 205 Å². The van der Waals surface area contributed by atoms with Crippen molar-refractivity contribution in [2.75, 3.05) is 12.9 Å². The van der Waals surface area contributed by atoms with Gasteiger partial charge in [0.15, 0.2) is 5.16 Å². The van der Waals surface area contributed by atoms with Crippen LogP contribution in [0.3, 0.4) is 0 Å². The molecule has 0 radical (unpaired) electrons. The van der Waals surface area contributed by atoms with Crippen molar-refractivity contribution in [3.05, 3.63) is 94.5 Å². The molecule has 9 heteroatoms. The number of imidazole rings is 1. The number of thioether (sulfide) groups is 1. The van der Waals surface area contributed by atoms with E-state index in [1.807, 2.05) is 48.5 Å². The Morgan fingerprint density at radius 3 is 2.56 bits per heavy atom. The number of ether oxygens (including phenoxy) is 1. The molecule has 0 aliphatic heterocycles. The molecule has 34 heavy (non-hydrogen) atoms. The summed E-state index contributed by atoms with van der Waals surface area (Å²) < 4.78 is 6.76. The predicted octanol–water partition coefficient (Wildman–Crippen LogP) is 4.77. The van der Waals surface area contributed by atoms with Crippen LogP contribution in [0.2, 0.25) is 5.02 Å². The van der Waals surface area contributed by atoms with E-state index in [1.54, 1.807) is 24.3 Å². The van der Waals surface area contributed by atoms with E-state index in [9.17, 15) is 9.59 Å². The van der Waals surface area contributed by atoms with Crippen LogP contribution in [0.15, 0.2) is 83.1 Å². The summed E-state index contributed by atoms with van der Waals surface area (Å²) in [5, 5.41) is 5.43. The van der Waals surface area contributed by atoms with Gasteiger partial charge >= 0.3 is 5.97 Å². The Morgan fingerprint density at radius 2 is 1.82 bits per heavy atom. The van der Waals surface area contributed by atoms with Gasteiger partial charge in [0.2, 0.25) is 0 Å². The summed E-state index contributed by atoms with van der Waals surface area (Å²) in [6.07, 6.45) is 1.51. The van der Waals surface area contributed by atoms with Crippen LogP contribution in [0.4, 0.5) is 0 Å². The number of esters is 1. The lowest BCUT2D eigenvalue weighted by molar-refractivity contribution is -0.118. The molecule has 4 aromatic rings. The first kappa shape index (κ1) is 23.5. The largest absolute Gasteiger partial charge is 0.465 e. The molecule has 0 bridgehead atoms. The summed E-state index contributed by atoms with van der Waals surface area (Å²) in [7, 11) is 1.33. The number of carbonyl (C=O) groups excluding carboxylic acids is 2. The zero-order chi connectivity index (χ0) is 23.9. The van der Waals surface area contributed by atoms with Gasteiger partial charge in [-0.15, -0.1) is 0 Å². The predicted molar refractivity (Wildman–Crippen MR) is 135 cm³/mol. The fourth-order valence-corrected chi connectivity index (χ4v) is 4.19. The standard InChI is InChI=1S/C25H21ClN4O3S/c1-33-24(32)19-10-6-17(7-11-19)14-27-29-23(31)16-34-25-28-21-4-2-3-5-22(21)30(25)15-18-8-12-20(26)13-9-18/h2-14H,15-16H2,1H3,(H,29,31)/b27-14-. The molecule has 0 atom stereocenters. The van der Waals surface area contributed by atoms with E-state index in [4.69, 9.17) is 16.6 Å². The Balaban J connectivity index is 1.39. The van der Waals surface area contributed by atoms with Crippen molar-refractivity contribution in [2.24, 2.45) is 5.10 Å². The Bertz CT molecular complexity index is 1330. The fraction of sp³-hybridized carbons (Fsp3) is 0.120. The molecule has 0 aliphatic rings. The molecule has 1 N–H and O–H groups in total. The van der Waals surface area contributed by atoms with E-state index in [-0.39, 0.29) is 11.7 Å². The van der Waals surface area contributed by atoms with E-state index in [2.05, 4.69) is 19.8 Å². The van der Waals surface area contributed by atoms with Crippen molar-refractivity contribution in [2.45, 2.75) is 11.7 Å². The van der Waals surface area contributed by atoms with Crippen LogP contribution < -0.4 is 5.43 Å². The van der Waals surface area contributed by atoms with E-state index in [1.165, 1.54) is 25.1 Å². The van der Waals surface area contributed by atoms with Gasteiger partial charge in [-0.1, -0.05) is 59.8 Å². The highest BCUT2D eigenvalue weighted by atomic mass is 35.5. The molecular formula is C25H21ClN4O3S. The zero-order valence-corrected chi connectivity index (χ0v) is 19.8. The minimum absolute atomic E-state index is 0.155. The number of fused-ring (bicyclic) bond motifs is 1. The zero-order valence-electron chi connectivity index (χ0n) is 18.3. The molecule has 1 aromatic heterocycles. The topological polar surface area (TPSA) is 85.6 Å². The maximum absolute atomic E-state index is 12.4. The van der Waals surface area contributed by atoms with Gasteiger partial charge in [0.25, 0.3) is 5.91 Å². The van der Waals surface area contributed by atoms with Crippen LogP contribution in [0, 0.1) is 0 Å². The third kappa shape index (κ3) is 5.84. The Hall–Kier alpha value is -3.62. The van der Waals surface area contributed by atoms with Gasteiger partial charge in [-0.25, -0.2) is 15.2 Å². The molecule has 0 aliphatic carbocycles. The van der Waals surface area contributed by atoms with Crippen LogP contribution >= 0.6 is 23.4 Å². The number of rotatable bonds is 8. The number of methoxy groups -OCH3 is 1. The minimum atomic E-state index is -0.407. The summed E-state index contributed by atoms with van der Waals surface area (Å²) in [5.74, 6) is -0.504. The van der Waals surface area contributed by atoms with E-state index in [0.29, 0.717) is 17.1 Å². The van der Waals surface area contributed by atoms with Crippen molar-refractivity contribution in [3.63, 3.8) is 0 Å². The maximum Gasteiger partial charge on any atom is 0.337 e. The number of halogens is 1. The fourth-order valence-electron chi connectivity index (χ4n) is 3.25. The smallest absolute Gasteiger partial charge is 0.337 e. The average Bonchev–Trinajstić information content (AvgIpc) is 3.21. The lowest BCUT2D eigenvalue weighted by Gasteiger charge is -2.09. The number of aromatic nitrogens is 2. The van der Waals surface area contributed by atoms with Crippen LogP contribution in [0.5, 0.6) is 0 Å². The lowest BCUT2D eigenvalue weighted by Crippen LogP contribution is -2.20. The lowest BCUT2D eigenvalue weighted by atomic mass is 10.1. The number of hydrogen-bond donors (Lipinski definition) is 1. The van der Waals surface area contributed by atoms with Gasteiger partial charge in [0.05, 0.1) is 42.2 Å². The number of nitrogens with zero attached hydrogens (tertiary/aromatic N) is 3. The molecular weight excluding hydrogens is 472 g/mol. The molecule has 0 saturated heterocycles. The number of benzene rings is 3.